The van der Waals surface area contributed by atoms with Crippen molar-refractivity contribution in [3.8, 4) is 0 Å². The van der Waals surface area contributed by atoms with Gasteiger partial charge < -0.3 is 19.5 Å². The van der Waals surface area contributed by atoms with Crippen molar-refractivity contribution < 1.29 is 19.4 Å². The van der Waals surface area contributed by atoms with E-state index in [2.05, 4.69) is 34.8 Å². The SMILES string of the molecule is Cc1cc(N2CCC(C)(C)CC2)c(C2=CCC(O)(C(OC(C)(C)C)C(=O)OC(C)C)C=N2)cn1. The second kappa shape index (κ2) is 9.78. The van der Waals surface area contributed by atoms with E-state index in [0.717, 1.165) is 48.6 Å². The number of ether oxygens (including phenoxy) is 2. The Labute approximate surface area is 204 Å². The minimum absolute atomic E-state index is 0.181. The van der Waals surface area contributed by atoms with Gasteiger partial charge in [-0.2, -0.15) is 0 Å². The van der Waals surface area contributed by atoms with Crippen molar-refractivity contribution in [3.05, 3.63) is 29.6 Å². The summed E-state index contributed by atoms with van der Waals surface area (Å²) >= 11 is 0. The van der Waals surface area contributed by atoms with Crippen LogP contribution in [-0.4, -0.2) is 58.8 Å². The molecule has 0 saturated carbocycles. The molecule has 3 heterocycles. The van der Waals surface area contributed by atoms with E-state index in [4.69, 9.17) is 9.47 Å². The first-order valence-electron chi connectivity index (χ1n) is 12.3. The van der Waals surface area contributed by atoms with Crippen LogP contribution in [0.5, 0.6) is 0 Å². The lowest BCUT2D eigenvalue weighted by Crippen LogP contribution is -2.54. The summed E-state index contributed by atoms with van der Waals surface area (Å²) in [4.78, 5) is 24.4. The lowest BCUT2D eigenvalue weighted by Gasteiger charge is -2.39. The molecule has 0 aromatic carbocycles. The number of hydrogen-bond acceptors (Lipinski definition) is 7. The quantitative estimate of drug-likeness (QED) is 0.606. The first-order chi connectivity index (χ1) is 15.7. The number of pyridine rings is 1. The largest absolute Gasteiger partial charge is 0.461 e. The summed E-state index contributed by atoms with van der Waals surface area (Å²) in [7, 11) is 0. The number of aliphatic hydroxyl groups is 1. The molecule has 2 unspecified atom stereocenters. The molecule has 34 heavy (non-hydrogen) atoms. The minimum Gasteiger partial charge on any atom is -0.461 e. The summed E-state index contributed by atoms with van der Waals surface area (Å²) < 4.78 is 11.4. The fourth-order valence-electron chi connectivity index (χ4n) is 4.26. The molecule has 0 bridgehead atoms. The molecule has 1 fully saturated rings. The van der Waals surface area contributed by atoms with Crippen LogP contribution in [0.2, 0.25) is 0 Å². The summed E-state index contributed by atoms with van der Waals surface area (Å²) in [5.74, 6) is -0.593. The zero-order valence-corrected chi connectivity index (χ0v) is 22.0. The Kier molecular flexibility index (Phi) is 7.58. The van der Waals surface area contributed by atoms with Gasteiger partial charge in [0.15, 0.2) is 6.10 Å². The zero-order chi connectivity index (χ0) is 25.3. The molecule has 2 aliphatic heterocycles. The molecule has 2 aliphatic rings. The van der Waals surface area contributed by atoms with Gasteiger partial charge in [-0.25, -0.2) is 4.79 Å². The molecule has 7 nitrogen and oxygen atoms in total. The van der Waals surface area contributed by atoms with Crippen LogP contribution in [0.25, 0.3) is 5.70 Å². The lowest BCUT2D eigenvalue weighted by molar-refractivity contribution is -0.187. The highest BCUT2D eigenvalue weighted by molar-refractivity contribution is 5.90. The molecule has 3 rings (SSSR count). The molecule has 0 aliphatic carbocycles. The van der Waals surface area contributed by atoms with Crippen LogP contribution in [0, 0.1) is 12.3 Å². The highest BCUT2D eigenvalue weighted by atomic mass is 16.6. The van der Waals surface area contributed by atoms with Crippen molar-refractivity contribution in [2.75, 3.05) is 18.0 Å². The number of piperidine rings is 1. The van der Waals surface area contributed by atoms with E-state index in [0.29, 0.717) is 5.41 Å². The van der Waals surface area contributed by atoms with Gasteiger partial charge in [0.1, 0.15) is 5.60 Å². The van der Waals surface area contributed by atoms with E-state index in [9.17, 15) is 9.90 Å². The number of esters is 1. The van der Waals surface area contributed by atoms with Gasteiger partial charge in [-0.1, -0.05) is 19.9 Å². The first-order valence-corrected chi connectivity index (χ1v) is 12.3. The molecule has 7 heteroatoms. The van der Waals surface area contributed by atoms with E-state index < -0.39 is 23.3 Å². The van der Waals surface area contributed by atoms with Gasteiger partial charge in [0, 0.05) is 48.9 Å². The molecule has 2 atom stereocenters. The average molecular weight is 472 g/mol. The maximum atomic E-state index is 12.8. The maximum absolute atomic E-state index is 12.8. The van der Waals surface area contributed by atoms with E-state index in [1.54, 1.807) is 13.8 Å². The molecule has 188 valence electrons. The van der Waals surface area contributed by atoms with Crippen LogP contribution in [0.4, 0.5) is 5.69 Å². The summed E-state index contributed by atoms with van der Waals surface area (Å²) in [5.41, 5.74) is 1.84. The molecule has 1 aromatic rings. The zero-order valence-electron chi connectivity index (χ0n) is 22.0. The average Bonchev–Trinajstić information content (AvgIpc) is 2.71. The molecular formula is C27H41N3O4. The fraction of sp³-hybridized carbons (Fsp3) is 0.667. The van der Waals surface area contributed by atoms with Gasteiger partial charge in [-0.3, -0.25) is 9.98 Å². The number of hydrogen-bond donors (Lipinski definition) is 1. The highest BCUT2D eigenvalue weighted by Crippen LogP contribution is 2.37. The minimum atomic E-state index is -1.60. The van der Waals surface area contributed by atoms with Crippen LogP contribution in [-0.2, 0) is 14.3 Å². The Morgan fingerprint density at radius 1 is 1.21 bits per heavy atom. The number of carbonyl (C=O) groups is 1. The van der Waals surface area contributed by atoms with Gasteiger partial charge in [0.05, 0.1) is 17.4 Å². The second-order valence-corrected chi connectivity index (χ2v) is 11.6. The number of carbonyl (C=O) groups excluding carboxylic acids is 1. The fourth-order valence-corrected chi connectivity index (χ4v) is 4.26. The van der Waals surface area contributed by atoms with Gasteiger partial charge in [0.25, 0.3) is 0 Å². The molecule has 0 spiro atoms. The Balaban J connectivity index is 1.87. The molecule has 1 N–H and O–H groups in total. The van der Waals surface area contributed by atoms with Gasteiger partial charge >= 0.3 is 5.97 Å². The molecular weight excluding hydrogens is 430 g/mol. The van der Waals surface area contributed by atoms with Crippen LogP contribution in [0.15, 0.2) is 23.3 Å². The molecule has 0 radical (unpaired) electrons. The standard InChI is InChI=1S/C27H41N3O4/c1-18(2)33-24(31)23(34-25(4,5)6)27(32)10-9-21(29-17-27)20-16-28-19(3)15-22(20)30-13-11-26(7,8)12-14-30/h9,15-18,23,32H,10-14H2,1-8H3. The molecule has 1 aromatic heterocycles. The number of aromatic nitrogens is 1. The number of aryl methyl sites for hydroxylation is 1. The first kappa shape index (κ1) is 26.4. The second-order valence-electron chi connectivity index (χ2n) is 11.6. The normalized spacial score (nSPS) is 23.6. The lowest BCUT2D eigenvalue weighted by atomic mass is 9.82. The van der Waals surface area contributed by atoms with Crippen LogP contribution >= 0.6 is 0 Å². The summed E-state index contributed by atoms with van der Waals surface area (Å²) in [6.45, 7) is 17.7. The van der Waals surface area contributed by atoms with Gasteiger partial charge in [0.2, 0.25) is 0 Å². The van der Waals surface area contributed by atoms with E-state index >= 15 is 0 Å². The summed E-state index contributed by atoms with van der Waals surface area (Å²) in [6, 6.07) is 2.11. The maximum Gasteiger partial charge on any atom is 0.339 e. The van der Waals surface area contributed by atoms with Crippen LogP contribution in [0.1, 0.15) is 79.0 Å². The third-order valence-electron chi connectivity index (χ3n) is 6.29. The Morgan fingerprint density at radius 3 is 2.38 bits per heavy atom. The van der Waals surface area contributed by atoms with Crippen LogP contribution in [0.3, 0.4) is 0 Å². The predicted molar refractivity (Wildman–Crippen MR) is 136 cm³/mol. The summed E-state index contributed by atoms with van der Waals surface area (Å²) in [6.07, 6.45) is 6.09. The van der Waals surface area contributed by atoms with Crippen LogP contribution < -0.4 is 4.90 Å². The van der Waals surface area contributed by atoms with E-state index in [1.807, 2.05) is 40.0 Å². The van der Waals surface area contributed by atoms with Gasteiger partial charge in [-0.15, -0.1) is 0 Å². The van der Waals surface area contributed by atoms with E-state index in [-0.39, 0.29) is 12.5 Å². The summed E-state index contributed by atoms with van der Waals surface area (Å²) in [5, 5.41) is 11.4. The van der Waals surface area contributed by atoms with Crippen molar-refractivity contribution in [2.45, 2.75) is 98.1 Å². The topological polar surface area (TPSA) is 84.2 Å². The third kappa shape index (κ3) is 6.45. The number of nitrogens with zero attached hydrogens (tertiary/aromatic N) is 3. The predicted octanol–water partition coefficient (Wildman–Crippen LogP) is 4.70. The number of anilines is 1. The number of aliphatic imine (C=N–C) groups is 1. The van der Waals surface area contributed by atoms with Crippen molar-refractivity contribution in [2.24, 2.45) is 10.4 Å². The third-order valence-corrected chi connectivity index (χ3v) is 6.29. The van der Waals surface area contributed by atoms with Crippen molar-refractivity contribution in [1.82, 2.24) is 4.98 Å². The molecule has 1 saturated heterocycles. The van der Waals surface area contributed by atoms with Crippen molar-refractivity contribution in [3.63, 3.8) is 0 Å². The highest BCUT2D eigenvalue weighted by Gasteiger charge is 2.45. The monoisotopic (exact) mass is 471 g/mol. The Hall–Kier alpha value is -2.25. The van der Waals surface area contributed by atoms with Gasteiger partial charge in [-0.05, 0) is 65.9 Å². The Bertz CT molecular complexity index is 951. The molecule has 0 amide bonds. The van der Waals surface area contributed by atoms with Crippen molar-refractivity contribution in [1.29, 1.82) is 0 Å². The van der Waals surface area contributed by atoms with E-state index in [1.165, 1.54) is 6.21 Å². The smallest absolute Gasteiger partial charge is 0.339 e. The van der Waals surface area contributed by atoms with Crippen molar-refractivity contribution >= 4 is 23.6 Å². The Morgan fingerprint density at radius 2 is 1.85 bits per heavy atom. The number of rotatable bonds is 6.